The van der Waals surface area contributed by atoms with Gasteiger partial charge in [0.2, 0.25) is 0 Å². The average molecular weight is 774 g/mol. The maximum Gasteiger partial charge on any atom is 0.0532 e. The van der Waals surface area contributed by atoms with Crippen LogP contribution < -0.4 is 0 Å². The Bertz CT molecular complexity index is 2240. The molecule has 0 bridgehead atoms. The molecular formula is C44H41Cl2NSiZr-4. The maximum atomic E-state index is 3.06. The number of fused-ring (bicyclic) bond motifs is 5. The van der Waals surface area contributed by atoms with Crippen LogP contribution in [0.1, 0.15) is 48.6 Å². The third-order valence-electron chi connectivity index (χ3n) is 9.53. The molecule has 1 heterocycles. The van der Waals surface area contributed by atoms with Crippen LogP contribution in [0.25, 0.3) is 60.2 Å². The van der Waals surface area contributed by atoms with Crippen LogP contribution in [-0.4, -0.2) is 11.4 Å². The molecule has 1 aromatic heterocycles. The predicted molar refractivity (Wildman–Crippen MR) is 216 cm³/mol. The Balaban J connectivity index is 0.000000203. The molecule has 1 nitrogen and oxygen atoms in total. The van der Waals surface area contributed by atoms with Gasteiger partial charge in [-0.15, -0.1) is 93.9 Å². The first kappa shape index (κ1) is 38.6. The number of halogens is 2. The first-order valence-corrected chi connectivity index (χ1v) is 20.2. The van der Waals surface area contributed by atoms with Crippen molar-refractivity contribution >= 4 is 75.0 Å². The van der Waals surface area contributed by atoms with Crippen LogP contribution >= 0.6 is 24.8 Å². The molecule has 7 aromatic carbocycles. The molecule has 0 saturated heterocycles. The van der Waals surface area contributed by atoms with Crippen molar-refractivity contribution in [3.63, 3.8) is 0 Å². The zero-order valence-electron chi connectivity index (χ0n) is 28.0. The van der Waals surface area contributed by atoms with Crippen molar-refractivity contribution in [3.8, 4) is 16.8 Å². The van der Waals surface area contributed by atoms with Gasteiger partial charge in [0, 0.05) is 16.5 Å². The minimum Gasteiger partial charge on any atom is -0.318 e. The van der Waals surface area contributed by atoms with E-state index in [0.717, 1.165) is 11.8 Å². The van der Waals surface area contributed by atoms with Crippen LogP contribution in [0, 0.1) is 14.9 Å². The fourth-order valence-electron chi connectivity index (χ4n) is 7.05. The average Bonchev–Trinajstić information content (AvgIpc) is 4.03. The normalized spacial score (nSPS) is 13.1. The van der Waals surface area contributed by atoms with Gasteiger partial charge in [0.15, 0.2) is 0 Å². The van der Waals surface area contributed by atoms with E-state index in [9.17, 15) is 0 Å². The Morgan fingerprint density at radius 3 is 1.53 bits per heavy atom. The van der Waals surface area contributed by atoms with E-state index in [1.54, 1.807) is 0 Å². The van der Waals surface area contributed by atoms with E-state index < -0.39 is 0 Å². The van der Waals surface area contributed by atoms with E-state index >= 15 is 0 Å². The molecule has 248 valence electrons. The van der Waals surface area contributed by atoms with Gasteiger partial charge in [0.1, 0.15) is 0 Å². The van der Waals surface area contributed by atoms with E-state index in [2.05, 4.69) is 151 Å². The molecule has 8 aromatic rings. The zero-order chi connectivity index (χ0) is 30.3. The summed E-state index contributed by atoms with van der Waals surface area (Å²) in [6, 6.07) is 51.1. The van der Waals surface area contributed by atoms with Crippen molar-refractivity contribution in [1.82, 2.24) is 4.57 Å². The summed E-state index contributed by atoms with van der Waals surface area (Å²) in [6.45, 7) is 3.06. The standard InChI is InChI=1S/C24H18N.C18H15.2CH3.2ClH.Si.Zr/c1-3-9-22-19(7-1)20-8-2-4-10-23(20)25(22)24-11-5-6-17-14-18(15-21(17)24)16-12-13-16;1-2-5-14(6-3-1)17-8-4-7-15-11-16(12-18(15)17)13-9-10-13;;;;;;/h1-11,14-16H,12-13H2;1-8,11-13H,9-10H2;2*1H3;2*1H;;/q4*-1;;;;. The van der Waals surface area contributed by atoms with Crippen molar-refractivity contribution in [2.75, 3.05) is 0 Å². The number of benzene rings is 5. The third kappa shape index (κ3) is 7.47. The molecule has 2 radical (unpaired) electrons. The Labute approximate surface area is 320 Å². The van der Waals surface area contributed by atoms with Crippen molar-refractivity contribution in [1.29, 1.82) is 0 Å². The second-order valence-electron chi connectivity index (χ2n) is 12.5. The zero-order valence-corrected chi connectivity index (χ0v) is 33.1. The fourth-order valence-corrected chi connectivity index (χ4v) is 7.05. The Kier molecular flexibility index (Phi) is 13.1. The summed E-state index contributed by atoms with van der Waals surface area (Å²) in [5.74, 6) is 1.62. The van der Waals surface area contributed by atoms with Gasteiger partial charge in [-0.2, -0.15) is 12.1 Å². The minimum absolute atomic E-state index is 0. The monoisotopic (exact) mass is 771 g/mol. The molecule has 2 fully saturated rings. The molecule has 0 unspecified atom stereocenters. The van der Waals surface area contributed by atoms with Crippen LogP contribution in [0.5, 0.6) is 0 Å². The summed E-state index contributed by atoms with van der Waals surface area (Å²) in [7, 11) is 0. The first-order chi connectivity index (χ1) is 22.3. The van der Waals surface area contributed by atoms with Gasteiger partial charge in [0.25, 0.3) is 0 Å². The summed E-state index contributed by atoms with van der Waals surface area (Å²) in [4.78, 5) is 0. The van der Waals surface area contributed by atoms with Gasteiger partial charge in [-0.05, 0) is 55.2 Å². The van der Waals surface area contributed by atoms with Crippen molar-refractivity contribution in [2.45, 2.75) is 37.5 Å². The molecular weight excluding hydrogens is 733 g/mol. The third-order valence-corrected chi connectivity index (χ3v) is 9.53. The van der Waals surface area contributed by atoms with Crippen LogP contribution in [0.3, 0.4) is 0 Å². The Hall–Kier alpha value is -3.20. The van der Waals surface area contributed by atoms with Gasteiger partial charge in [0.05, 0.1) is 11.0 Å². The molecule has 5 heteroatoms. The second kappa shape index (κ2) is 16.7. The first-order valence-electron chi connectivity index (χ1n) is 16.0. The molecule has 0 aliphatic heterocycles. The van der Waals surface area contributed by atoms with E-state index in [0.29, 0.717) is 0 Å². The number of hydrogen-bond acceptors (Lipinski definition) is 0. The van der Waals surface area contributed by atoms with Gasteiger partial charge >= 0.3 is 30.2 Å². The number of rotatable bonds is 4. The van der Waals surface area contributed by atoms with Gasteiger partial charge in [-0.1, -0.05) is 84.4 Å². The topological polar surface area (TPSA) is 4.93 Å². The Morgan fingerprint density at radius 2 is 0.980 bits per heavy atom. The van der Waals surface area contributed by atoms with E-state index in [-0.39, 0.29) is 39.7 Å². The summed E-state index contributed by atoms with van der Waals surface area (Å²) >= 11 is 1.36. The number of aromatic nitrogens is 1. The largest absolute Gasteiger partial charge is 0.318 e. The van der Waals surface area contributed by atoms with Crippen LogP contribution in [0.2, 0.25) is 0 Å². The summed E-state index contributed by atoms with van der Waals surface area (Å²) in [5, 5.41) is 8.18. The second-order valence-corrected chi connectivity index (χ2v) is 12.5. The van der Waals surface area contributed by atoms with E-state index in [1.807, 2.05) is 0 Å². The number of para-hydroxylation sites is 2. The molecule has 10 rings (SSSR count). The molecule has 2 aliphatic rings. The molecule has 0 N–H and O–H groups in total. The van der Waals surface area contributed by atoms with Crippen LogP contribution in [0.4, 0.5) is 0 Å². The van der Waals surface area contributed by atoms with Crippen LogP contribution in [0.15, 0.2) is 140 Å². The summed E-state index contributed by atoms with van der Waals surface area (Å²) < 4.78 is 2.43. The Morgan fingerprint density at radius 1 is 0.510 bits per heavy atom. The van der Waals surface area contributed by atoms with Crippen molar-refractivity contribution in [2.24, 2.45) is 0 Å². The van der Waals surface area contributed by atoms with E-state index in [1.165, 1.54) is 120 Å². The maximum absolute atomic E-state index is 3.06. The molecule has 2 aliphatic carbocycles. The summed E-state index contributed by atoms with van der Waals surface area (Å²) in [5.41, 5.74) is 9.59. The molecule has 0 spiro atoms. The summed E-state index contributed by atoms with van der Waals surface area (Å²) in [6.07, 6.45) is 5.44. The smallest absolute Gasteiger partial charge is 0.0532 e. The van der Waals surface area contributed by atoms with Gasteiger partial charge in [-0.25, -0.2) is 0 Å². The minimum atomic E-state index is 0. The molecule has 0 atom stereocenters. The molecule has 2 saturated carbocycles. The predicted octanol–water partition coefficient (Wildman–Crippen LogP) is 13.0. The van der Waals surface area contributed by atoms with Gasteiger partial charge < -0.3 is 19.4 Å². The number of hydrogen-bond donors (Lipinski definition) is 0. The van der Waals surface area contributed by atoms with Crippen molar-refractivity contribution < 1.29 is 23.3 Å². The van der Waals surface area contributed by atoms with Gasteiger partial charge in [-0.3, -0.25) is 0 Å². The fraction of sp³-hybridized carbons (Fsp3) is 0.136. The van der Waals surface area contributed by atoms with Crippen LogP contribution in [-0.2, 0) is 23.3 Å². The SMILES string of the molecule is Cl.Cl.[CH3-].[CH3-].[Si]=[Zr].c1cc(-n2c3ccccc3c3ccccc32)c2cc(C3CC3)[cH-]c2c1.c1ccc(-c2cccc3[cH-]c(C4CC4)cc23)cc1. The molecule has 0 amide bonds. The van der Waals surface area contributed by atoms with E-state index in [4.69, 9.17) is 0 Å². The molecule has 49 heavy (non-hydrogen) atoms. The van der Waals surface area contributed by atoms with Crippen molar-refractivity contribution in [3.05, 3.63) is 166 Å². The quantitative estimate of drug-likeness (QED) is 0.124. The number of nitrogens with zero attached hydrogens (tertiary/aromatic N) is 1.